The predicted octanol–water partition coefficient (Wildman–Crippen LogP) is 6.32. The molecule has 0 fully saturated rings. The highest BCUT2D eigenvalue weighted by molar-refractivity contribution is 9.11. The lowest BCUT2D eigenvalue weighted by Crippen LogP contribution is -2.73. The Balaban J connectivity index is 2.07. The average Bonchev–Trinajstić information content (AvgIpc) is 2.67. The first-order chi connectivity index (χ1) is 13.0. The first-order valence-corrected chi connectivity index (χ1v) is 10.2. The molecule has 0 aliphatic rings. The lowest BCUT2D eigenvalue weighted by atomic mass is 9.73. The fraction of sp³-hybridized carbons (Fsp3) is 0.200. The molecule has 0 aliphatic carbocycles. The van der Waals surface area contributed by atoms with Crippen LogP contribution in [-0.4, -0.2) is 7.05 Å². The summed E-state index contributed by atoms with van der Waals surface area (Å²) >= 11 is 3.63. The van der Waals surface area contributed by atoms with Crippen LogP contribution in [-0.2, 0) is 5.41 Å². The standard InChI is InChI=1S/C25H26BrN/c1-19(26)18-25(2,17-9-12-20-10-5-4-6-11-20)24-22-14-8-7-13-21(22)15-16-23(24)27-3/h4-16,27H,1,17-18H2,2-3H3/p+1/b12-9+. The molecule has 0 aliphatic heterocycles. The molecule has 0 bridgehead atoms. The zero-order valence-electron chi connectivity index (χ0n) is 16.1. The van der Waals surface area contributed by atoms with Crippen molar-refractivity contribution in [2.45, 2.75) is 25.2 Å². The van der Waals surface area contributed by atoms with Crippen LogP contribution in [0.1, 0.15) is 30.9 Å². The van der Waals surface area contributed by atoms with Gasteiger partial charge < -0.3 is 5.32 Å². The molecule has 1 atom stereocenters. The zero-order valence-corrected chi connectivity index (χ0v) is 17.7. The van der Waals surface area contributed by atoms with Crippen LogP contribution in [0.15, 0.2) is 83.9 Å². The zero-order chi connectivity index (χ0) is 19.3. The van der Waals surface area contributed by atoms with Crippen LogP contribution in [0.4, 0.5) is 5.69 Å². The monoisotopic (exact) mass is 420 g/mol. The second-order valence-electron chi connectivity index (χ2n) is 7.31. The first kappa shape index (κ1) is 19.6. The van der Waals surface area contributed by atoms with Crippen molar-refractivity contribution in [1.29, 1.82) is 0 Å². The SMILES string of the molecule is C=C(Br)CC(C)(C/C=C/c1ccccc1)c1c([NH2+]C)ccc2ccccc12. The van der Waals surface area contributed by atoms with Gasteiger partial charge in [0.05, 0.1) is 7.05 Å². The first-order valence-electron chi connectivity index (χ1n) is 9.40. The fourth-order valence-corrected chi connectivity index (χ4v) is 4.53. The lowest BCUT2D eigenvalue weighted by molar-refractivity contribution is -0.540. The minimum atomic E-state index is -0.0471. The van der Waals surface area contributed by atoms with Gasteiger partial charge in [0.2, 0.25) is 0 Å². The van der Waals surface area contributed by atoms with Crippen molar-refractivity contribution >= 4 is 38.5 Å². The van der Waals surface area contributed by atoms with Crippen LogP contribution in [0.2, 0.25) is 0 Å². The number of fused-ring (bicyclic) bond motifs is 1. The summed E-state index contributed by atoms with van der Waals surface area (Å²) in [7, 11) is 2.12. The van der Waals surface area contributed by atoms with Gasteiger partial charge in [0.25, 0.3) is 0 Å². The van der Waals surface area contributed by atoms with Crippen molar-refractivity contribution in [2.24, 2.45) is 0 Å². The Morgan fingerprint density at radius 1 is 1.04 bits per heavy atom. The smallest absolute Gasteiger partial charge is 0.133 e. The van der Waals surface area contributed by atoms with E-state index in [1.54, 1.807) is 0 Å². The van der Waals surface area contributed by atoms with Gasteiger partial charge >= 0.3 is 0 Å². The van der Waals surface area contributed by atoms with Crippen molar-refractivity contribution in [2.75, 3.05) is 7.05 Å². The second kappa shape index (κ2) is 8.69. The third kappa shape index (κ3) is 4.58. The molecule has 138 valence electrons. The molecular formula is C25H27BrN+. The quantitative estimate of drug-likeness (QED) is 0.430. The van der Waals surface area contributed by atoms with Gasteiger partial charge in [0.1, 0.15) is 5.69 Å². The van der Waals surface area contributed by atoms with Crippen molar-refractivity contribution < 1.29 is 5.32 Å². The third-order valence-electron chi connectivity index (χ3n) is 5.14. The van der Waals surface area contributed by atoms with E-state index in [0.29, 0.717) is 0 Å². The highest BCUT2D eigenvalue weighted by Gasteiger charge is 2.31. The highest BCUT2D eigenvalue weighted by Crippen LogP contribution is 2.42. The van der Waals surface area contributed by atoms with Crippen molar-refractivity contribution in [3.8, 4) is 0 Å². The molecule has 0 saturated heterocycles. The van der Waals surface area contributed by atoms with Crippen molar-refractivity contribution in [1.82, 2.24) is 0 Å². The van der Waals surface area contributed by atoms with E-state index in [2.05, 4.69) is 121 Å². The van der Waals surface area contributed by atoms with Gasteiger partial charge in [0.15, 0.2) is 0 Å². The number of hydrogen-bond acceptors (Lipinski definition) is 0. The van der Waals surface area contributed by atoms with Crippen LogP contribution in [0, 0.1) is 0 Å². The van der Waals surface area contributed by atoms with Crippen molar-refractivity contribution in [3.05, 3.63) is 95.0 Å². The van der Waals surface area contributed by atoms with Gasteiger partial charge in [-0.1, -0.05) is 96.2 Å². The molecule has 3 aromatic rings. The lowest BCUT2D eigenvalue weighted by Gasteiger charge is -2.31. The molecule has 1 unspecified atom stereocenters. The van der Waals surface area contributed by atoms with Gasteiger partial charge in [-0.25, -0.2) is 0 Å². The summed E-state index contributed by atoms with van der Waals surface area (Å²) in [6.07, 6.45) is 6.35. The summed E-state index contributed by atoms with van der Waals surface area (Å²) in [4.78, 5) is 0. The molecule has 2 heteroatoms. The molecule has 27 heavy (non-hydrogen) atoms. The molecule has 0 amide bonds. The van der Waals surface area contributed by atoms with Crippen LogP contribution in [0.3, 0.4) is 0 Å². The van der Waals surface area contributed by atoms with Crippen LogP contribution in [0.5, 0.6) is 0 Å². The Bertz CT molecular complexity index is 958. The van der Waals surface area contributed by atoms with E-state index in [0.717, 1.165) is 17.3 Å². The van der Waals surface area contributed by atoms with Crippen LogP contribution in [0.25, 0.3) is 16.8 Å². The average molecular weight is 421 g/mol. The predicted molar refractivity (Wildman–Crippen MR) is 122 cm³/mol. The summed E-state index contributed by atoms with van der Waals surface area (Å²) in [6, 6.07) is 23.6. The Labute approximate surface area is 170 Å². The number of benzene rings is 3. The molecule has 2 N–H and O–H groups in total. The maximum absolute atomic E-state index is 4.15. The largest absolute Gasteiger partial charge is 0.316 e. The molecule has 0 spiro atoms. The molecule has 0 saturated carbocycles. The van der Waals surface area contributed by atoms with Gasteiger partial charge in [0, 0.05) is 11.0 Å². The Morgan fingerprint density at radius 2 is 1.74 bits per heavy atom. The van der Waals surface area contributed by atoms with Gasteiger partial charge in [-0.2, -0.15) is 0 Å². The van der Waals surface area contributed by atoms with E-state index in [9.17, 15) is 0 Å². The molecule has 0 heterocycles. The molecule has 0 radical (unpaired) electrons. The van der Waals surface area contributed by atoms with Gasteiger partial charge in [-0.15, -0.1) is 0 Å². The van der Waals surface area contributed by atoms with E-state index in [1.807, 2.05) is 0 Å². The van der Waals surface area contributed by atoms with Gasteiger partial charge in [-0.05, 0) is 45.8 Å². The van der Waals surface area contributed by atoms with E-state index in [-0.39, 0.29) is 5.41 Å². The maximum atomic E-state index is 4.15. The molecule has 0 aromatic heterocycles. The number of allylic oxidation sites excluding steroid dienone is 2. The van der Waals surface area contributed by atoms with E-state index in [1.165, 1.54) is 27.6 Å². The summed E-state index contributed by atoms with van der Waals surface area (Å²) in [5.74, 6) is 0. The van der Waals surface area contributed by atoms with Gasteiger partial charge in [-0.3, -0.25) is 0 Å². The molecular weight excluding hydrogens is 394 g/mol. The molecule has 3 aromatic carbocycles. The summed E-state index contributed by atoms with van der Waals surface area (Å²) in [5, 5.41) is 4.84. The Kier molecular flexibility index (Phi) is 6.30. The van der Waals surface area contributed by atoms with E-state index >= 15 is 0 Å². The number of quaternary nitrogens is 1. The van der Waals surface area contributed by atoms with E-state index in [4.69, 9.17) is 0 Å². The minimum absolute atomic E-state index is 0.0471. The third-order valence-corrected chi connectivity index (χ3v) is 5.42. The number of hydrogen-bond donors (Lipinski definition) is 1. The highest BCUT2D eigenvalue weighted by atomic mass is 79.9. The second-order valence-corrected chi connectivity index (χ2v) is 8.43. The fourth-order valence-electron chi connectivity index (χ4n) is 3.91. The van der Waals surface area contributed by atoms with Crippen LogP contribution >= 0.6 is 15.9 Å². The van der Waals surface area contributed by atoms with Crippen LogP contribution < -0.4 is 5.32 Å². The molecule has 3 rings (SSSR count). The number of nitrogens with two attached hydrogens (primary N) is 1. The maximum Gasteiger partial charge on any atom is 0.133 e. The minimum Gasteiger partial charge on any atom is -0.316 e. The topological polar surface area (TPSA) is 16.6 Å². The number of halogens is 1. The summed E-state index contributed by atoms with van der Waals surface area (Å²) < 4.78 is 1.04. The summed E-state index contributed by atoms with van der Waals surface area (Å²) in [5.41, 5.74) is 3.89. The molecule has 1 nitrogen and oxygen atoms in total. The Hall–Kier alpha value is -2.16. The van der Waals surface area contributed by atoms with E-state index < -0.39 is 0 Å². The Morgan fingerprint density at radius 3 is 2.44 bits per heavy atom. The number of rotatable bonds is 7. The normalized spacial score (nSPS) is 13.7. The summed E-state index contributed by atoms with van der Waals surface area (Å²) in [6.45, 7) is 6.50. The van der Waals surface area contributed by atoms with Crippen molar-refractivity contribution in [3.63, 3.8) is 0 Å².